The van der Waals surface area contributed by atoms with Gasteiger partial charge in [0, 0.05) is 18.2 Å². The molecule has 0 spiro atoms. The zero-order valence-corrected chi connectivity index (χ0v) is 13.0. The van der Waals surface area contributed by atoms with E-state index in [2.05, 4.69) is 21.2 Å². The van der Waals surface area contributed by atoms with Gasteiger partial charge in [0.2, 0.25) is 0 Å². The molecule has 2 rings (SSSR count). The lowest BCUT2D eigenvalue weighted by molar-refractivity contribution is -0.384. The van der Waals surface area contributed by atoms with E-state index in [1.54, 1.807) is 11.3 Å². The molecule has 1 aromatic heterocycles. The lowest BCUT2D eigenvalue weighted by Crippen LogP contribution is -2.18. The molecule has 0 fully saturated rings. The number of nitro groups is 1. The fraction of sp³-hybridized carbons (Fsp3) is 0.231. The fourth-order valence-corrected chi connectivity index (χ4v) is 2.89. The van der Waals surface area contributed by atoms with Crippen LogP contribution in [-0.2, 0) is 6.42 Å². The van der Waals surface area contributed by atoms with Crippen molar-refractivity contribution in [3.63, 3.8) is 0 Å². The van der Waals surface area contributed by atoms with Crippen LogP contribution in [0.1, 0.15) is 12.5 Å². The third-order valence-electron chi connectivity index (χ3n) is 2.76. The molecule has 0 aliphatic rings. The Morgan fingerprint density at radius 2 is 2.30 bits per heavy atom. The van der Waals surface area contributed by atoms with Crippen LogP contribution in [0.3, 0.4) is 0 Å². The van der Waals surface area contributed by atoms with Gasteiger partial charge in [0.05, 0.1) is 9.40 Å². The van der Waals surface area contributed by atoms with E-state index in [1.807, 2.05) is 23.8 Å². The van der Waals surface area contributed by atoms with Crippen LogP contribution in [-0.4, -0.2) is 11.0 Å². The molecule has 1 N–H and O–H groups in total. The first-order chi connectivity index (χ1) is 9.47. The van der Waals surface area contributed by atoms with Gasteiger partial charge in [-0.3, -0.25) is 10.1 Å². The number of nitrogens with zero attached hydrogens (tertiary/aromatic N) is 1. The van der Waals surface area contributed by atoms with E-state index in [9.17, 15) is 14.5 Å². The largest absolute Gasteiger partial charge is 0.377 e. The van der Waals surface area contributed by atoms with Crippen molar-refractivity contribution >= 4 is 38.6 Å². The van der Waals surface area contributed by atoms with Gasteiger partial charge in [-0.05, 0) is 51.7 Å². The summed E-state index contributed by atoms with van der Waals surface area (Å²) in [5.74, 6) is -0.527. The maximum Gasteiger partial charge on any atom is 0.293 e. The zero-order valence-electron chi connectivity index (χ0n) is 10.6. The quantitative estimate of drug-likeness (QED) is 0.627. The minimum absolute atomic E-state index is 0.0381. The predicted octanol–water partition coefficient (Wildman–Crippen LogP) is 4.60. The molecule has 0 amide bonds. The van der Waals surface area contributed by atoms with Gasteiger partial charge in [0.25, 0.3) is 5.69 Å². The topological polar surface area (TPSA) is 55.2 Å². The molecule has 2 aromatic rings. The highest BCUT2D eigenvalue weighted by molar-refractivity contribution is 9.10. The van der Waals surface area contributed by atoms with Crippen molar-refractivity contribution in [1.82, 2.24) is 0 Å². The van der Waals surface area contributed by atoms with Gasteiger partial charge >= 0.3 is 0 Å². The molecule has 0 radical (unpaired) electrons. The highest BCUT2D eigenvalue weighted by atomic mass is 79.9. The van der Waals surface area contributed by atoms with Crippen molar-refractivity contribution in [2.45, 2.75) is 19.4 Å². The predicted molar refractivity (Wildman–Crippen MR) is 81.9 cm³/mol. The minimum atomic E-state index is -0.527. The summed E-state index contributed by atoms with van der Waals surface area (Å²) < 4.78 is 13.6. The maximum atomic E-state index is 13.5. The second kappa shape index (κ2) is 6.32. The van der Waals surface area contributed by atoms with E-state index in [0.29, 0.717) is 0 Å². The monoisotopic (exact) mass is 358 g/mol. The molecular weight excluding hydrogens is 347 g/mol. The van der Waals surface area contributed by atoms with Crippen molar-refractivity contribution in [3.8, 4) is 0 Å². The molecule has 7 heteroatoms. The van der Waals surface area contributed by atoms with Crippen LogP contribution in [0.25, 0.3) is 0 Å². The Morgan fingerprint density at radius 1 is 1.55 bits per heavy atom. The van der Waals surface area contributed by atoms with Crippen molar-refractivity contribution in [2.75, 3.05) is 5.32 Å². The number of thiophene rings is 1. The Morgan fingerprint density at radius 3 is 2.90 bits per heavy atom. The summed E-state index contributed by atoms with van der Waals surface area (Å²) in [4.78, 5) is 10.5. The van der Waals surface area contributed by atoms with Gasteiger partial charge in [-0.1, -0.05) is 0 Å². The van der Waals surface area contributed by atoms with E-state index in [1.165, 1.54) is 6.07 Å². The lowest BCUT2D eigenvalue weighted by Gasteiger charge is -2.15. The van der Waals surface area contributed by atoms with Crippen molar-refractivity contribution < 1.29 is 9.31 Å². The molecule has 1 heterocycles. The van der Waals surface area contributed by atoms with E-state index < -0.39 is 10.7 Å². The summed E-state index contributed by atoms with van der Waals surface area (Å²) >= 11 is 4.56. The number of hydrogen-bond donors (Lipinski definition) is 1. The molecule has 106 valence electrons. The Labute approximate surface area is 127 Å². The average molecular weight is 359 g/mol. The SMILES string of the molecule is CC(Cc1ccsc1)Nc1cc(F)c(Br)cc1[N+](=O)[O-]. The zero-order chi connectivity index (χ0) is 14.7. The average Bonchev–Trinajstić information content (AvgIpc) is 2.85. The van der Waals surface area contributed by atoms with Gasteiger partial charge in [-0.15, -0.1) is 0 Å². The molecule has 1 unspecified atom stereocenters. The first-order valence-corrected chi connectivity index (χ1v) is 7.62. The van der Waals surface area contributed by atoms with Crippen LogP contribution in [0.2, 0.25) is 0 Å². The second-order valence-corrected chi connectivity index (χ2v) is 6.06. The number of rotatable bonds is 5. The van der Waals surface area contributed by atoms with E-state index in [-0.39, 0.29) is 21.9 Å². The van der Waals surface area contributed by atoms with Crippen LogP contribution in [0.5, 0.6) is 0 Å². The molecule has 0 aliphatic carbocycles. The van der Waals surface area contributed by atoms with Crippen LogP contribution in [0, 0.1) is 15.9 Å². The van der Waals surface area contributed by atoms with E-state index >= 15 is 0 Å². The lowest BCUT2D eigenvalue weighted by atomic mass is 10.1. The number of nitrogens with one attached hydrogen (secondary N) is 1. The molecule has 4 nitrogen and oxygen atoms in total. The van der Waals surface area contributed by atoms with Crippen molar-refractivity contribution in [2.24, 2.45) is 0 Å². The molecule has 1 aromatic carbocycles. The number of anilines is 1. The summed E-state index contributed by atoms with van der Waals surface area (Å²) in [6.07, 6.45) is 0.721. The Hall–Kier alpha value is -1.47. The highest BCUT2D eigenvalue weighted by Crippen LogP contribution is 2.31. The van der Waals surface area contributed by atoms with Crippen LogP contribution in [0.15, 0.2) is 33.4 Å². The Kier molecular flexibility index (Phi) is 4.72. The van der Waals surface area contributed by atoms with Crippen LogP contribution >= 0.6 is 27.3 Å². The maximum absolute atomic E-state index is 13.5. The fourth-order valence-electron chi connectivity index (χ4n) is 1.88. The van der Waals surface area contributed by atoms with Gasteiger partial charge in [-0.2, -0.15) is 11.3 Å². The Bertz CT molecular complexity index is 619. The standard InChI is InChI=1S/C13H12BrFN2O2S/c1-8(4-9-2-3-20-7-9)16-12-6-11(15)10(14)5-13(12)17(18)19/h2-3,5-8,16H,4H2,1H3. The van der Waals surface area contributed by atoms with Crippen LogP contribution in [0.4, 0.5) is 15.8 Å². The smallest absolute Gasteiger partial charge is 0.293 e. The summed E-state index contributed by atoms with van der Waals surface area (Å²) in [5, 5.41) is 18.0. The Balaban J connectivity index is 2.19. The number of hydrogen-bond acceptors (Lipinski definition) is 4. The van der Waals surface area contributed by atoms with E-state index in [4.69, 9.17) is 0 Å². The number of benzene rings is 1. The molecule has 0 saturated heterocycles. The molecular formula is C13H12BrFN2O2S. The third kappa shape index (κ3) is 3.55. The number of nitro benzene ring substituents is 1. The summed E-state index contributed by atoms with van der Waals surface area (Å²) in [6, 6.07) is 4.28. The second-order valence-electron chi connectivity index (χ2n) is 4.42. The minimum Gasteiger partial charge on any atom is -0.377 e. The van der Waals surface area contributed by atoms with Gasteiger partial charge in [0.15, 0.2) is 0 Å². The first kappa shape index (κ1) is 14.9. The van der Waals surface area contributed by atoms with Gasteiger partial charge in [-0.25, -0.2) is 4.39 Å². The third-order valence-corrected chi connectivity index (χ3v) is 4.10. The molecule has 20 heavy (non-hydrogen) atoms. The number of halogens is 2. The van der Waals surface area contributed by atoms with Crippen molar-refractivity contribution in [1.29, 1.82) is 0 Å². The van der Waals surface area contributed by atoms with Crippen LogP contribution < -0.4 is 5.32 Å². The molecule has 0 bridgehead atoms. The normalized spacial score (nSPS) is 12.2. The molecule has 0 saturated carbocycles. The summed E-state index contributed by atoms with van der Waals surface area (Å²) in [5.41, 5.74) is 1.20. The summed E-state index contributed by atoms with van der Waals surface area (Å²) in [6.45, 7) is 1.90. The molecule has 1 atom stereocenters. The van der Waals surface area contributed by atoms with Gasteiger partial charge in [0.1, 0.15) is 11.5 Å². The summed E-state index contributed by atoms with van der Waals surface area (Å²) in [7, 11) is 0. The van der Waals surface area contributed by atoms with E-state index in [0.717, 1.165) is 18.1 Å². The highest BCUT2D eigenvalue weighted by Gasteiger charge is 2.19. The van der Waals surface area contributed by atoms with Crippen molar-refractivity contribution in [3.05, 3.63) is 54.9 Å². The molecule has 0 aliphatic heterocycles. The van der Waals surface area contributed by atoms with Gasteiger partial charge < -0.3 is 5.32 Å². The first-order valence-electron chi connectivity index (χ1n) is 5.88.